The molecule has 2 aliphatic carbocycles. The molecule has 156 valence electrons. The highest BCUT2D eigenvalue weighted by molar-refractivity contribution is 6.30. The van der Waals surface area contributed by atoms with Gasteiger partial charge in [0.25, 0.3) is 0 Å². The highest BCUT2D eigenvalue weighted by Gasteiger charge is 2.33. The molecule has 0 atom stereocenters. The molecule has 0 spiro atoms. The van der Waals surface area contributed by atoms with Crippen molar-refractivity contribution < 1.29 is 4.52 Å². The Morgan fingerprint density at radius 3 is 2.73 bits per heavy atom. The average Bonchev–Trinajstić information content (AvgIpc) is 3.34. The normalized spacial score (nSPS) is 23.4. The molecule has 0 unspecified atom stereocenters. The van der Waals surface area contributed by atoms with Crippen molar-refractivity contribution in [2.75, 3.05) is 0 Å². The van der Waals surface area contributed by atoms with Crippen LogP contribution in [0.25, 0.3) is 5.69 Å². The van der Waals surface area contributed by atoms with E-state index in [1.54, 1.807) is 0 Å². The lowest BCUT2D eigenvalue weighted by Gasteiger charge is -2.28. The van der Waals surface area contributed by atoms with E-state index in [2.05, 4.69) is 31.3 Å². The fraction of sp³-hybridized carbons (Fsp3) is 0.522. The molecule has 1 fully saturated rings. The minimum Gasteiger partial charge on any atom is -0.361 e. The SMILES string of the molecule is Clc1ccc2c(c1)CNCc1nnc([C@H]3CC[C@H](c4onc5c4CCCC5)CC3)n1-2. The fourth-order valence-electron chi connectivity index (χ4n) is 5.54. The molecule has 0 radical (unpaired) electrons. The number of fused-ring (bicyclic) bond motifs is 4. The number of benzene rings is 1. The Hall–Kier alpha value is -2.18. The Bertz CT molecular complexity index is 1080. The summed E-state index contributed by atoms with van der Waals surface area (Å²) >= 11 is 6.25. The second-order valence-corrected chi connectivity index (χ2v) is 9.35. The Morgan fingerprint density at radius 1 is 1.00 bits per heavy atom. The van der Waals surface area contributed by atoms with Crippen LogP contribution in [-0.2, 0) is 25.9 Å². The third-order valence-electron chi connectivity index (χ3n) is 7.09. The van der Waals surface area contributed by atoms with E-state index in [4.69, 9.17) is 16.1 Å². The highest BCUT2D eigenvalue weighted by atomic mass is 35.5. The standard InChI is InChI=1S/C23H26ClN5O/c24-17-9-10-20-16(11-17)12-25-13-21-26-27-23(29(20)21)15-7-5-14(6-8-15)22-18-3-1-2-4-19(18)28-30-22/h9-11,14-15,25H,1-8,12-13H2/t14-,15-. The van der Waals surface area contributed by atoms with Gasteiger partial charge in [-0.15, -0.1) is 10.2 Å². The van der Waals surface area contributed by atoms with Crippen molar-refractivity contribution in [1.82, 2.24) is 25.2 Å². The zero-order valence-corrected chi connectivity index (χ0v) is 17.8. The molecule has 2 aromatic heterocycles. The van der Waals surface area contributed by atoms with Crippen LogP contribution in [0.3, 0.4) is 0 Å². The van der Waals surface area contributed by atoms with Crippen LogP contribution in [0, 0.1) is 0 Å². The van der Waals surface area contributed by atoms with Crippen molar-refractivity contribution in [1.29, 1.82) is 0 Å². The minimum atomic E-state index is 0.419. The summed E-state index contributed by atoms with van der Waals surface area (Å²) in [6, 6.07) is 6.11. The summed E-state index contributed by atoms with van der Waals surface area (Å²) in [5.41, 5.74) is 4.98. The second-order valence-electron chi connectivity index (χ2n) is 8.91. The van der Waals surface area contributed by atoms with Gasteiger partial charge in [-0.25, -0.2) is 0 Å². The van der Waals surface area contributed by atoms with Crippen LogP contribution < -0.4 is 5.32 Å². The Balaban J connectivity index is 1.27. The molecule has 30 heavy (non-hydrogen) atoms. The summed E-state index contributed by atoms with van der Waals surface area (Å²) in [5, 5.41) is 17.8. The maximum atomic E-state index is 6.25. The van der Waals surface area contributed by atoms with Gasteiger partial charge in [0.2, 0.25) is 0 Å². The lowest BCUT2D eigenvalue weighted by Crippen LogP contribution is -2.17. The molecule has 3 aliphatic rings. The first-order valence-corrected chi connectivity index (χ1v) is 11.6. The number of nitrogens with one attached hydrogen (secondary N) is 1. The maximum absolute atomic E-state index is 6.25. The van der Waals surface area contributed by atoms with Crippen LogP contribution in [0.1, 0.15) is 84.6 Å². The summed E-state index contributed by atoms with van der Waals surface area (Å²) in [6.45, 7) is 1.51. The van der Waals surface area contributed by atoms with Crippen LogP contribution in [0.15, 0.2) is 22.7 Å². The topological polar surface area (TPSA) is 68.8 Å². The highest BCUT2D eigenvalue weighted by Crippen LogP contribution is 2.43. The van der Waals surface area contributed by atoms with Crippen molar-refractivity contribution >= 4 is 11.6 Å². The molecule has 6 rings (SSSR count). The quantitative estimate of drug-likeness (QED) is 0.639. The first kappa shape index (κ1) is 18.6. The van der Waals surface area contributed by atoms with Gasteiger partial charge >= 0.3 is 0 Å². The maximum Gasteiger partial charge on any atom is 0.151 e. The monoisotopic (exact) mass is 423 g/mol. The van der Waals surface area contributed by atoms with Gasteiger partial charge < -0.3 is 9.84 Å². The van der Waals surface area contributed by atoms with Crippen molar-refractivity contribution in [3.05, 3.63) is 57.5 Å². The fourth-order valence-corrected chi connectivity index (χ4v) is 5.74. The van der Waals surface area contributed by atoms with Crippen molar-refractivity contribution in [3.63, 3.8) is 0 Å². The van der Waals surface area contributed by atoms with Gasteiger partial charge in [-0.1, -0.05) is 16.8 Å². The van der Waals surface area contributed by atoms with Gasteiger partial charge in [0, 0.05) is 29.0 Å². The van der Waals surface area contributed by atoms with Crippen LogP contribution in [-0.4, -0.2) is 19.9 Å². The number of hydrogen-bond acceptors (Lipinski definition) is 5. The average molecular weight is 424 g/mol. The van der Waals surface area contributed by atoms with Gasteiger partial charge in [-0.05, 0) is 75.1 Å². The first-order chi connectivity index (χ1) is 14.8. The molecule has 0 amide bonds. The molecule has 3 heterocycles. The van der Waals surface area contributed by atoms with Gasteiger partial charge in [0.15, 0.2) is 5.82 Å². The van der Waals surface area contributed by atoms with Crippen LogP contribution in [0.2, 0.25) is 5.02 Å². The van der Waals surface area contributed by atoms with E-state index in [0.717, 1.165) is 74.0 Å². The molecular formula is C23H26ClN5O. The largest absolute Gasteiger partial charge is 0.361 e. The Labute approximate surface area is 181 Å². The first-order valence-electron chi connectivity index (χ1n) is 11.2. The Morgan fingerprint density at radius 2 is 1.83 bits per heavy atom. The molecule has 1 aromatic carbocycles. The number of aromatic nitrogens is 4. The van der Waals surface area contributed by atoms with Crippen LogP contribution >= 0.6 is 11.6 Å². The molecule has 3 aromatic rings. The third kappa shape index (κ3) is 3.08. The van der Waals surface area contributed by atoms with Gasteiger partial charge in [0.05, 0.1) is 17.9 Å². The minimum absolute atomic E-state index is 0.419. The van der Waals surface area contributed by atoms with Crippen LogP contribution in [0.5, 0.6) is 0 Å². The van der Waals surface area contributed by atoms with E-state index < -0.39 is 0 Å². The number of halogens is 1. The summed E-state index contributed by atoms with van der Waals surface area (Å²) in [7, 11) is 0. The summed E-state index contributed by atoms with van der Waals surface area (Å²) in [4.78, 5) is 0. The molecule has 1 N–H and O–H groups in total. The zero-order valence-electron chi connectivity index (χ0n) is 17.0. The molecule has 0 bridgehead atoms. The zero-order chi connectivity index (χ0) is 20.1. The van der Waals surface area contributed by atoms with E-state index in [0.29, 0.717) is 11.8 Å². The summed E-state index contributed by atoms with van der Waals surface area (Å²) < 4.78 is 8.11. The smallest absolute Gasteiger partial charge is 0.151 e. The van der Waals surface area contributed by atoms with E-state index >= 15 is 0 Å². The molecule has 1 aliphatic heterocycles. The predicted molar refractivity (Wildman–Crippen MR) is 114 cm³/mol. The molecule has 6 nitrogen and oxygen atoms in total. The predicted octanol–water partition coefficient (Wildman–Crippen LogP) is 4.83. The lowest BCUT2D eigenvalue weighted by atomic mass is 9.78. The molecule has 7 heteroatoms. The van der Waals surface area contributed by atoms with Crippen molar-refractivity contribution in [2.24, 2.45) is 0 Å². The summed E-state index contributed by atoms with van der Waals surface area (Å²) in [5.74, 6) is 4.16. The Kier molecular flexibility index (Phi) is 4.65. The number of rotatable bonds is 2. The van der Waals surface area contributed by atoms with Crippen molar-refractivity contribution in [3.8, 4) is 5.69 Å². The van der Waals surface area contributed by atoms with Gasteiger partial charge in [0.1, 0.15) is 11.6 Å². The van der Waals surface area contributed by atoms with Gasteiger partial charge in [-0.2, -0.15) is 0 Å². The van der Waals surface area contributed by atoms with E-state index in [1.807, 2.05) is 12.1 Å². The van der Waals surface area contributed by atoms with Gasteiger partial charge in [-0.3, -0.25) is 4.57 Å². The van der Waals surface area contributed by atoms with E-state index in [9.17, 15) is 0 Å². The number of aryl methyl sites for hydroxylation is 1. The van der Waals surface area contributed by atoms with Crippen LogP contribution in [0.4, 0.5) is 0 Å². The van der Waals surface area contributed by atoms with E-state index in [-0.39, 0.29) is 0 Å². The molecular weight excluding hydrogens is 398 g/mol. The molecule has 1 saturated carbocycles. The summed E-state index contributed by atoms with van der Waals surface area (Å²) in [6.07, 6.45) is 9.19. The molecule has 0 saturated heterocycles. The van der Waals surface area contributed by atoms with E-state index in [1.165, 1.54) is 35.4 Å². The van der Waals surface area contributed by atoms with Crippen molar-refractivity contribution in [2.45, 2.75) is 76.3 Å². The third-order valence-corrected chi connectivity index (χ3v) is 7.32. The number of nitrogens with zero attached hydrogens (tertiary/aromatic N) is 4. The number of hydrogen-bond donors (Lipinski definition) is 1. The second kappa shape index (κ2) is 7.50. The lowest BCUT2D eigenvalue weighted by molar-refractivity contribution is 0.300.